The van der Waals surface area contributed by atoms with E-state index in [9.17, 15) is 9.90 Å². The number of fused-ring (bicyclic) bond motifs is 3. The van der Waals surface area contributed by atoms with Crippen molar-refractivity contribution in [1.82, 2.24) is 9.47 Å². The van der Waals surface area contributed by atoms with E-state index in [0.717, 1.165) is 24.8 Å². The first-order valence-corrected chi connectivity index (χ1v) is 8.46. The minimum Gasteiger partial charge on any atom is -0.480 e. The number of hydrogen-bond donors (Lipinski definition) is 1. The van der Waals surface area contributed by atoms with Gasteiger partial charge < -0.3 is 14.6 Å². The molecule has 3 atom stereocenters. The lowest BCUT2D eigenvalue weighted by Crippen LogP contribution is -2.36. The largest absolute Gasteiger partial charge is 0.480 e. The number of carbonyl (C=O) groups is 1. The van der Waals surface area contributed by atoms with E-state index >= 15 is 0 Å². The molecule has 24 heavy (non-hydrogen) atoms. The van der Waals surface area contributed by atoms with Gasteiger partial charge in [0.15, 0.2) is 0 Å². The summed E-state index contributed by atoms with van der Waals surface area (Å²) in [5.74, 6) is -0.349. The highest BCUT2D eigenvalue weighted by Gasteiger charge is 2.34. The number of halogens is 1. The molecular weight excluding hydrogens is 324 g/mol. The standard InChI is InChI=1S/C19H26N2O2.ClH/c1-5-13-10-14(20(3)4)11-16-15-8-6-7-9-17(15)21(18(13)16)12(2)19(22)23;/h6-9,12-14H,5,10-11H2,1-4H3,(H,22,23);1H. The fraction of sp³-hybridized carbons (Fsp3) is 0.526. The van der Waals surface area contributed by atoms with Crippen molar-refractivity contribution in [1.29, 1.82) is 0 Å². The molecule has 5 heteroatoms. The molecule has 1 aliphatic rings. The molecule has 3 rings (SSSR count). The summed E-state index contributed by atoms with van der Waals surface area (Å²) >= 11 is 0. The number of carboxylic acid groups (broad SMARTS) is 1. The van der Waals surface area contributed by atoms with Gasteiger partial charge in [0, 0.05) is 28.6 Å². The van der Waals surface area contributed by atoms with Crippen LogP contribution in [0.2, 0.25) is 0 Å². The number of para-hydroxylation sites is 1. The number of likely N-dealkylation sites (N-methyl/N-ethyl adjacent to an activating group) is 1. The van der Waals surface area contributed by atoms with Crippen molar-refractivity contribution in [3.05, 3.63) is 35.5 Å². The lowest BCUT2D eigenvalue weighted by atomic mass is 9.81. The van der Waals surface area contributed by atoms with E-state index in [2.05, 4.69) is 48.7 Å². The topological polar surface area (TPSA) is 45.5 Å². The molecule has 132 valence electrons. The molecule has 0 aliphatic heterocycles. The van der Waals surface area contributed by atoms with Gasteiger partial charge in [0.05, 0.1) is 0 Å². The predicted molar refractivity (Wildman–Crippen MR) is 100 cm³/mol. The first kappa shape index (κ1) is 18.8. The van der Waals surface area contributed by atoms with Gasteiger partial charge in [0.2, 0.25) is 0 Å². The van der Waals surface area contributed by atoms with Gasteiger partial charge in [-0.05, 0) is 51.9 Å². The highest BCUT2D eigenvalue weighted by Crippen LogP contribution is 2.42. The summed E-state index contributed by atoms with van der Waals surface area (Å²) in [6, 6.07) is 8.25. The van der Waals surface area contributed by atoms with Crippen molar-refractivity contribution in [2.45, 2.75) is 51.1 Å². The van der Waals surface area contributed by atoms with E-state index in [1.54, 1.807) is 6.92 Å². The summed E-state index contributed by atoms with van der Waals surface area (Å²) in [4.78, 5) is 14.0. The monoisotopic (exact) mass is 350 g/mol. The van der Waals surface area contributed by atoms with Crippen molar-refractivity contribution >= 4 is 29.3 Å². The zero-order valence-corrected chi connectivity index (χ0v) is 15.6. The van der Waals surface area contributed by atoms with Crippen LogP contribution in [0.25, 0.3) is 10.9 Å². The molecule has 0 fully saturated rings. The molecule has 4 nitrogen and oxygen atoms in total. The van der Waals surface area contributed by atoms with Crippen LogP contribution in [0, 0.1) is 0 Å². The van der Waals surface area contributed by atoms with Crippen LogP contribution in [0.1, 0.15) is 49.9 Å². The minimum atomic E-state index is -0.766. The molecule has 0 spiro atoms. The third kappa shape index (κ3) is 2.93. The number of aliphatic carboxylic acids is 1. The van der Waals surface area contributed by atoms with Crippen molar-refractivity contribution in [3.63, 3.8) is 0 Å². The van der Waals surface area contributed by atoms with Crippen LogP contribution >= 0.6 is 12.4 Å². The van der Waals surface area contributed by atoms with Crippen LogP contribution in [-0.2, 0) is 11.2 Å². The number of rotatable bonds is 4. The average Bonchev–Trinajstić information content (AvgIpc) is 2.87. The number of carboxylic acids is 1. The molecule has 1 heterocycles. The smallest absolute Gasteiger partial charge is 0.326 e. The maximum Gasteiger partial charge on any atom is 0.326 e. The Bertz CT molecular complexity index is 738. The van der Waals surface area contributed by atoms with Gasteiger partial charge in [-0.3, -0.25) is 0 Å². The molecule has 2 aromatic rings. The summed E-state index contributed by atoms with van der Waals surface area (Å²) in [5.41, 5.74) is 3.66. The minimum absolute atomic E-state index is 0. The second-order valence-corrected chi connectivity index (χ2v) is 6.93. The average molecular weight is 351 g/mol. The summed E-state index contributed by atoms with van der Waals surface area (Å²) in [7, 11) is 4.28. The Morgan fingerprint density at radius 3 is 2.62 bits per heavy atom. The van der Waals surface area contributed by atoms with Crippen LogP contribution in [0.4, 0.5) is 0 Å². The van der Waals surface area contributed by atoms with E-state index < -0.39 is 12.0 Å². The quantitative estimate of drug-likeness (QED) is 0.903. The van der Waals surface area contributed by atoms with E-state index in [1.807, 2.05) is 6.07 Å². The van der Waals surface area contributed by atoms with Crippen molar-refractivity contribution in [2.75, 3.05) is 14.1 Å². The Morgan fingerprint density at radius 1 is 1.38 bits per heavy atom. The summed E-state index contributed by atoms with van der Waals surface area (Å²) in [5, 5.41) is 10.8. The van der Waals surface area contributed by atoms with Gasteiger partial charge in [-0.1, -0.05) is 25.1 Å². The molecule has 0 saturated carbocycles. The number of hydrogen-bond acceptors (Lipinski definition) is 2. The molecule has 0 radical (unpaired) electrons. The normalized spacial score (nSPS) is 21.4. The third-order valence-electron chi connectivity index (χ3n) is 5.41. The van der Waals surface area contributed by atoms with Crippen molar-refractivity contribution < 1.29 is 9.90 Å². The highest BCUT2D eigenvalue weighted by molar-refractivity contribution is 5.88. The Kier molecular flexibility index (Phi) is 5.61. The summed E-state index contributed by atoms with van der Waals surface area (Å²) in [6.45, 7) is 4.00. The van der Waals surface area contributed by atoms with E-state index in [-0.39, 0.29) is 12.4 Å². The molecule has 3 unspecified atom stereocenters. The van der Waals surface area contributed by atoms with Crippen molar-refractivity contribution in [3.8, 4) is 0 Å². The Balaban J connectivity index is 0.00000208. The van der Waals surface area contributed by atoms with Gasteiger partial charge in [-0.25, -0.2) is 4.79 Å². The zero-order valence-electron chi connectivity index (χ0n) is 14.8. The number of nitrogens with zero attached hydrogens (tertiary/aromatic N) is 2. The predicted octanol–water partition coefficient (Wildman–Crippen LogP) is 4.08. The van der Waals surface area contributed by atoms with Gasteiger partial charge in [0.25, 0.3) is 0 Å². The second kappa shape index (κ2) is 7.16. The van der Waals surface area contributed by atoms with Crippen LogP contribution in [-0.4, -0.2) is 40.7 Å². The van der Waals surface area contributed by atoms with E-state index in [1.165, 1.54) is 16.6 Å². The Morgan fingerprint density at radius 2 is 2.04 bits per heavy atom. The van der Waals surface area contributed by atoms with Gasteiger partial charge in [0.1, 0.15) is 6.04 Å². The Hall–Kier alpha value is -1.52. The van der Waals surface area contributed by atoms with E-state index in [0.29, 0.717) is 12.0 Å². The molecule has 0 amide bonds. The van der Waals surface area contributed by atoms with Crippen LogP contribution in [0.3, 0.4) is 0 Å². The molecular formula is C19H27ClN2O2. The van der Waals surface area contributed by atoms with E-state index in [4.69, 9.17) is 0 Å². The first-order valence-electron chi connectivity index (χ1n) is 8.46. The SMILES string of the molecule is CCC1CC(N(C)C)Cc2c1n(C(C)C(=O)O)c1ccccc21.Cl. The fourth-order valence-electron chi connectivity index (χ4n) is 4.05. The first-order chi connectivity index (χ1) is 11.0. The maximum atomic E-state index is 11.7. The zero-order chi connectivity index (χ0) is 16.7. The number of benzene rings is 1. The molecule has 1 aromatic carbocycles. The summed E-state index contributed by atoms with van der Waals surface area (Å²) < 4.78 is 2.08. The summed E-state index contributed by atoms with van der Waals surface area (Å²) in [6.07, 6.45) is 3.14. The molecule has 1 N–H and O–H groups in total. The molecule has 0 saturated heterocycles. The third-order valence-corrected chi connectivity index (χ3v) is 5.41. The Labute approximate surface area is 149 Å². The van der Waals surface area contributed by atoms with Gasteiger partial charge >= 0.3 is 5.97 Å². The fourth-order valence-corrected chi connectivity index (χ4v) is 4.05. The van der Waals surface area contributed by atoms with Crippen molar-refractivity contribution in [2.24, 2.45) is 0 Å². The molecule has 1 aromatic heterocycles. The van der Waals surface area contributed by atoms with Crippen LogP contribution in [0.15, 0.2) is 24.3 Å². The van der Waals surface area contributed by atoms with Gasteiger partial charge in [-0.2, -0.15) is 0 Å². The number of aromatic nitrogens is 1. The second-order valence-electron chi connectivity index (χ2n) is 6.93. The molecule has 1 aliphatic carbocycles. The maximum absolute atomic E-state index is 11.7. The highest BCUT2D eigenvalue weighted by atomic mass is 35.5. The van der Waals surface area contributed by atoms with Gasteiger partial charge in [-0.15, -0.1) is 12.4 Å². The molecule has 0 bridgehead atoms. The van der Waals surface area contributed by atoms with Crippen LogP contribution < -0.4 is 0 Å². The lowest BCUT2D eigenvalue weighted by Gasteiger charge is -2.35. The lowest BCUT2D eigenvalue weighted by molar-refractivity contribution is -0.140. The van der Waals surface area contributed by atoms with Crippen LogP contribution in [0.5, 0.6) is 0 Å².